The first-order valence-electron chi connectivity index (χ1n) is 11.0. The number of piperidine rings is 1. The quantitative estimate of drug-likeness (QED) is 0.374. The molecule has 1 aliphatic rings. The van der Waals surface area contributed by atoms with E-state index in [0.29, 0.717) is 41.8 Å². The van der Waals surface area contributed by atoms with Crippen molar-refractivity contribution >= 4 is 54.0 Å². The van der Waals surface area contributed by atoms with Crippen molar-refractivity contribution in [3.05, 3.63) is 71.4 Å². The maximum atomic E-state index is 13.7. The van der Waals surface area contributed by atoms with E-state index in [-0.39, 0.29) is 11.8 Å². The van der Waals surface area contributed by atoms with Crippen LogP contribution in [0, 0.1) is 12.8 Å². The van der Waals surface area contributed by atoms with E-state index < -0.39 is 10.0 Å². The van der Waals surface area contributed by atoms with E-state index in [4.69, 9.17) is 4.98 Å². The minimum Gasteiger partial charge on any atom is -0.283 e. The van der Waals surface area contributed by atoms with Gasteiger partial charge in [-0.1, -0.05) is 23.5 Å². The van der Waals surface area contributed by atoms with E-state index in [1.165, 1.54) is 27.0 Å². The molecule has 0 saturated carbocycles. The Morgan fingerprint density at radius 3 is 2.62 bits per heavy atom. The molecule has 0 N–H and O–H groups in total. The summed E-state index contributed by atoms with van der Waals surface area (Å²) in [5, 5.41) is 2.43. The van der Waals surface area contributed by atoms with Gasteiger partial charge in [0.05, 0.1) is 16.8 Å². The van der Waals surface area contributed by atoms with Gasteiger partial charge in [-0.2, -0.15) is 4.31 Å². The van der Waals surface area contributed by atoms with Gasteiger partial charge in [0.15, 0.2) is 5.13 Å². The van der Waals surface area contributed by atoms with Crippen molar-refractivity contribution in [2.45, 2.75) is 30.5 Å². The maximum Gasteiger partial charge on any atom is 0.252 e. The summed E-state index contributed by atoms with van der Waals surface area (Å²) in [6.07, 6.45) is 4.40. The number of thiophene rings is 1. The van der Waals surface area contributed by atoms with E-state index >= 15 is 0 Å². The third kappa shape index (κ3) is 4.63. The van der Waals surface area contributed by atoms with Gasteiger partial charge in [0.1, 0.15) is 4.21 Å². The predicted molar refractivity (Wildman–Crippen MR) is 136 cm³/mol. The van der Waals surface area contributed by atoms with Crippen LogP contribution in [-0.4, -0.2) is 41.7 Å². The minimum atomic E-state index is -3.50. The van der Waals surface area contributed by atoms with Crippen molar-refractivity contribution in [2.24, 2.45) is 5.92 Å². The standard InChI is InChI=1S/C24H24N4O3S3/c1-17-4-5-20-21(15-17)33-24(26-20)28(16-18-6-10-25-11-7-18)23(29)19-8-12-27(13-9-19)34(30,31)22-3-2-14-32-22/h2-7,10-11,14-15,19H,8-9,12-13,16H2,1H3. The van der Waals surface area contributed by atoms with E-state index in [1.54, 1.807) is 34.8 Å². The van der Waals surface area contributed by atoms with Crippen molar-refractivity contribution in [1.82, 2.24) is 14.3 Å². The summed E-state index contributed by atoms with van der Waals surface area (Å²) >= 11 is 2.73. The van der Waals surface area contributed by atoms with Crippen LogP contribution in [0.2, 0.25) is 0 Å². The number of thiazole rings is 1. The molecule has 0 aliphatic carbocycles. The van der Waals surface area contributed by atoms with Crippen LogP contribution < -0.4 is 4.90 Å². The molecule has 4 heterocycles. The molecular weight excluding hydrogens is 488 g/mol. The highest BCUT2D eigenvalue weighted by Crippen LogP contribution is 2.33. The Balaban J connectivity index is 1.38. The molecular formula is C24H24N4O3S3. The van der Waals surface area contributed by atoms with Crippen molar-refractivity contribution in [3.8, 4) is 0 Å². The third-order valence-corrected chi connectivity index (χ3v) is 10.3. The van der Waals surface area contributed by atoms with E-state index in [2.05, 4.69) is 11.1 Å². The number of carbonyl (C=O) groups is 1. The summed E-state index contributed by atoms with van der Waals surface area (Å²) < 4.78 is 28.6. The molecule has 4 aromatic rings. The van der Waals surface area contributed by atoms with Gasteiger partial charge in [-0.25, -0.2) is 13.4 Å². The number of nitrogens with zero attached hydrogens (tertiary/aromatic N) is 4. The Hall–Kier alpha value is -2.66. The Morgan fingerprint density at radius 1 is 1.15 bits per heavy atom. The summed E-state index contributed by atoms with van der Waals surface area (Å²) in [4.78, 5) is 24.3. The number of hydrogen-bond donors (Lipinski definition) is 0. The highest BCUT2D eigenvalue weighted by atomic mass is 32.2. The fourth-order valence-electron chi connectivity index (χ4n) is 4.15. The van der Waals surface area contributed by atoms with Gasteiger partial charge in [0.25, 0.3) is 10.0 Å². The zero-order valence-corrected chi connectivity index (χ0v) is 21.1. The average molecular weight is 513 g/mol. The lowest BCUT2D eigenvalue weighted by Gasteiger charge is -2.32. The Kier molecular flexibility index (Phi) is 6.48. The number of pyridine rings is 1. The van der Waals surface area contributed by atoms with Gasteiger partial charge in [-0.3, -0.25) is 14.7 Å². The number of benzene rings is 1. The normalized spacial score (nSPS) is 15.6. The number of aryl methyl sites for hydroxylation is 1. The first-order chi connectivity index (χ1) is 16.4. The molecule has 0 atom stereocenters. The molecule has 176 valence electrons. The molecule has 0 spiro atoms. The van der Waals surface area contributed by atoms with Crippen LogP contribution >= 0.6 is 22.7 Å². The van der Waals surface area contributed by atoms with Crippen molar-refractivity contribution in [2.75, 3.05) is 18.0 Å². The van der Waals surface area contributed by atoms with Crippen LogP contribution in [0.25, 0.3) is 10.2 Å². The molecule has 34 heavy (non-hydrogen) atoms. The molecule has 1 aromatic carbocycles. The molecule has 7 nitrogen and oxygen atoms in total. The van der Waals surface area contributed by atoms with Crippen LogP contribution in [0.5, 0.6) is 0 Å². The van der Waals surface area contributed by atoms with Gasteiger partial charge in [-0.05, 0) is 66.6 Å². The van der Waals surface area contributed by atoms with Gasteiger partial charge in [0, 0.05) is 31.4 Å². The van der Waals surface area contributed by atoms with Crippen LogP contribution in [0.3, 0.4) is 0 Å². The van der Waals surface area contributed by atoms with Crippen molar-refractivity contribution < 1.29 is 13.2 Å². The van der Waals surface area contributed by atoms with E-state index in [1.807, 2.05) is 31.2 Å². The zero-order chi connectivity index (χ0) is 23.7. The van der Waals surface area contributed by atoms with Crippen molar-refractivity contribution in [3.63, 3.8) is 0 Å². The second-order valence-corrected chi connectivity index (χ2v) is 12.5. The Bertz CT molecular complexity index is 1390. The summed E-state index contributed by atoms with van der Waals surface area (Å²) in [6, 6.07) is 13.2. The number of carbonyl (C=O) groups excluding carboxylic acids is 1. The summed E-state index contributed by atoms with van der Waals surface area (Å²) in [6.45, 7) is 3.10. The van der Waals surface area contributed by atoms with E-state index in [9.17, 15) is 13.2 Å². The molecule has 10 heteroatoms. The maximum absolute atomic E-state index is 13.7. The number of aromatic nitrogens is 2. The highest BCUT2D eigenvalue weighted by Gasteiger charge is 2.35. The van der Waals surface area contributed by atoms with Crippen LogP contribution in [0.15, 0.2) is 64.4 Å². The van der Waals surface area contributed by atoms with Crippen LogP contribution in [0.4, 0.5) is 5.13 Å². The van der Waals surface area contributed by atoms with Crippen molar-refractivity contribution in [1.29, 1.82) is 0 Å². The van der Waals surface area contributed by atoms with Gasteiger partial charge < -0.3 is 0 Å². The average Bonchev–Trinajstić information content (AvgIpc) is 3.53. The fourth-order valence-corrected chi connectivity index (χ4v) is 7.83. The summed E-state index contributed by atoms with van der Waals surface area (Å²) in [5.41, 5.74) is 2.99. The predicted octanol–water partition coefficient (Wildman–Crippen LogP) is 4.70. The molecule has 1 aliphatic heterocycles. The summed E-state index contributed by atoms with van der Waals surface area (Å²) in [5.74, 6) is -0.272. The van der Waals surface area contributed by atoms with Gasteiger partial charge in [-0.15, -0.1) is 11.3 Å². The highest BCUT2D eigenvalue weighted by molar-refractivity contribution is 7.91. The molecule has 0 unspecified atom stereocenters. The fraction of sp³-hybridized carbons (Fsp3) is 0.292. The van der Waals surface area contributed by atoms with Gasteiger partial charge in [0.2, 0.25) is 5.91 Å². The third-order valence-electron chi connectivity index (χ3n) is 6.01. The first-order valence-corrected chi connectivity index (χ1v) is 14.2. The number of rotatable bonds is 6. The van der Waals surface area contributed by atoms with Gasteiger partial charge >= 0.3 is 0 Å². The minimum absolute atomic E-state index is 0.0132. The lowest BCUT2D eigenvalue weighted by atomic mass is 9.96. The smallest absolute Gasteiger partial charge is 0.252 e. The number of sulfonamides is 1. The molecule has 0 radical (unpaired) electrons. The molecule has 1 saturated heterocycles. The topological polar surface area (TPSA) is 83.5 Å². The molecule has 5 rings (SSSR count). The molecule has 1 fully saturated rings. The van der Waals surface area contributed by atoms with E-state index in [0.717, 1.165) is 21.3 Å². The number of hydrogen-bond acceptors (Lipinski definition) is 7. The second kappa shape index (κ2) is 9.53. The number of fused-ring (bicyclic) bond motifs is 1. The zero-order valence-electron chi connectivity index (χ0n) is 18.6. The SMILES string of the molecule is Cc1ccc2nc(N(Cc3ccncc3)C(=O)C3CCN(S(=O)(=O)c4cccs4)CC3)sc2c1. The van der Waals surface area contributed by atoms with Crippen LogP contribution in [-0.2, 0) is 21.4 Å². The van der Waals surface area contributed by atoms with Crippen LogP contribution in [0.1, 0.15) is 24.0 Å². The first kappa shape index (κ1) is 23.1. The Morgan fingerprint density at radius 2 is 1.91 bits per heavy atom. The lowest BCUT2D eigenvalue weighted by Crippen LogP contribution is -2.44. The molecule has 0 bridgehead atoms. The monoisotopic (exact) mass is 512 g/mol. The second-order valence-electron chi connectivity index (χ2n) is 8.36. The number of anilines is 1. The largest absolute Gasteiger partial charge is 0.283 e. The molecule has 3 aromatic heterocycles. The lowest BCUT2D eigenvalue weighted by molar-refractivity contribution is -0.123. The molecule has 1 amide bonds. The Labute approximate surface area is 206 Å². The number of amides is 1. The summed E-state index contributed by atoms with van der Waals surface area (Å²) in [7, 11) is -3.50.